The number of anilines is 1. The quantitative estimate of drug-likeness (QED) is 0.894. The fourth-order valence-electron chi connectivity index (χ4n) is 3.09. The summed E-state index contributed by atoms with van der Waals surface area (Å²) in [5, 5.41) is 2.93. The number of para-hydroxylation sites is 2. The zero-order valence-electron chi connectivity index (χ0n) is 13.1. The molecular formula is C19H20FNO2. The lowest BCUT2D eigenvalue weighted by atomic mass is 9.63. The van der Waals surface area contributed by atoms with Crippen LogP contribution in [0, 0.1) is 5.82 Å². The number of halogens is 1. The van der Waals surface area contributed by atoms with E-state index >= 15 is 0 Å². The van der Waals surface area contributed by atoms with Crippen LogP contribution in [0.2, 0.25) is 0 Å². The summed E-state index contributed by atoms with van der Waals surface area (Å²) in [5.74, 6) is 0.146. The van der Waals surface area contributed by atoms with Crippen LogP contribution >= 0.6 is 0 Å². The number of carbonyl (C=O) groups is 1. The fourth-order valence-corrected chi connectivity index (χ4v) is 3.09. The molecule has 3 rings (SSSR count). The Morgan fingerprint density at radius 3 is 2.52 bits per heavy atom. The van der Waals surface area contributed by atoms with Crippen LogP contribution in [0.3, 0.4) is 0 Å². The molecule has 0 aromatic heterocycles. The summed E-state index contributed by atoms with van der Waals surface area (Å²) in [6, 6.07) is 13.9. The van der Waals surface area contributed by atoms with Gasteiger partial charge in [0.05, 0.1) is 17.7 Å². The van der Waals surface area contributed by atoms with Gasteiger partial charge in [-0.2, -0.15) is 0 Å². The molecule has 0 radical (unpaired) electrons. The molecule has 0 saturated heterocycles. The van der Waals surface area contributed by atoms with Crippen molar-refractivity contribution in [1.29, 1.82) is 0 Å². The van der Waals surface area contributed by atoms with Crippen LogP contribution in [0.5, 0.6) is 5.75 Å². The van der Waals surface area contributed by atoms with Crippen molar-refractivity contribution in [2.75, 3.05) is 11.9 Å². The highest BCUT2D eigenvalue weighted by atomic mass is 19.1. The van der Waals surface area contributed by atoms with Crippen molar-refractivity contribution < 1.29 is 13.9 Å². The maximum atomic E-state index is 14.2. The van der Waals surface area contributed by atoms with Gasteiger partial charge < -0.3 is 10.1 Å². The second kappa shape index (κ2) is 6.41. The molecule has 120 valence electrons. The van der Waals surface area contributed by atoms with Gasteiger partial charge in [0.1, 0.15) is 11.6 Å². The molecule has 2 aromatic carbocycles. The average molecular weight is 313 g/mol. The maximum Gasteiger partial charge on any atom is 0.235 e. The topological polar surface area (TPSA) is 38.3 Å². The SMILES string of the molecule is CCOc1ccccc1NC(=O)C1(c2ccccc2F)CCC1. The highest BCUT2D eigenvalue weighted by Gasteiger charge is 2.47. The van der Waals surface area contributed by atoms with Crippen LogP contribution in [-0.2, 0) is 10.2 Å². The van der Waals surface area contributed by atoms with Crippen LogP contribution in [0.25, 0.3) is 0 Å². The Kier molecular flexibility index (Phi) is 4.33. The van der Waals surface area contributed by atoms with Crippen LogP contribution in [0.4, 0.5) is 10.1 Å². The molecule has 1 saturated carbocycles. The summed E-state index contributed by atoms with van der Waals surface area (Å²) in [4.78, 5) is 12.9. The molecule has 0 heterocycles. The Balaban J connectivity index is 1.89. The molecule has 0 atom stereocenters. The van der Waals surface area contributed by atoms with E-state index in [4.69, 9.17) is 4.74 Å². The van der Waals surface area contributed by atoms with E-state index in [1.54, 1.807) is 24.3 Å². The van der Waals surface area contributed by atoms with Crippen LogP contribution in [-0.4, -0.2) is 12.5 Å². The van der Waals surface area contributed by atoms with E-state index in [9.17, 15) is 9.18 Å². The molecule has 1 fully saturated rings. The maximum absolute atomic E-state index is 14.2. The Labute approximate surface area is 135 Å². The van der Waals surface area contributed by atoms with Crippen LogP contribution < -0.4 is 10.1 Å². The zero-order chi connectivity index (χ0) is 16.3. The van der Waals surface area contributed by atoms with Gasteiger partial charge in [0.15, 0.2) is 0 Å². The second-order valence-corrected chi connectivity index (χ2v) is 5.80. The molecule has 1 amide bonds. The smallest absolute Gasteiger partial charge is 0.235 e. The third kappa shape index (κ3) is 2.81. The van der Waals surface area contributed by atoms with Gasteiger partial charge in [-0.3, -0.25) is 4.79 Å². The van der Waals surface area contributed by atoms with Crippen LogP contribution in [0.1, 0.15) is 31.7 Å². The predicted octanol–water partition coefficient (Wildman–Crippen LogP) is 4.28. The first-order valence-corrected chi connectivity index (χ1v) is 7.95. The molecule has 4 heteroatoms. The van der Waals surface area contributed by atoms with E-state index in [2.05, 4.69) is 5.32 Å². The fraction of sp³-hybridized carbons (Fsp3) is 0.316. The number of rotatable bonds is 5. The molecule has 2 aromatic rings. The summed E-state index contributed by atoms with van der Waals surface area (Å²) in [6.45, 7) is 2.41. The molecular weight excluding hydrogens is 293 g/mol. The van der Waals surface area contributed by atoms with E-state index in [-0.39, 0.29) is 11.7 Å². The van der Waals surface area contributed by atoms with E-state index < -0.39 is 5.41 Å². The van der Waals surface area contributed by atoms with Gasteiger partial charge in [-0.1, -0.05) is 36.8 Å². The van der Waals surface area contributed by atoms with E-state index in [0.717, 1.165) is 6.42 Å². The van der Waals surface area contributed by atoms with Gasteiger partial charge in [-0.15, -0.1) is 0 Å². The lowest BCUT2D eigenvalue weighted by Crippen LogP contribution is -2.46. The monoisotopic (exact) mass is 313 g/mol. The summed E-state index contributed by atoms with van der Waals surface area (Å²) in [5.41, 5.74) is 0.338. The van der Waals surface area contributed by atoms with Gasteiger partial charge in [-0.25, -0.2) is 4.39 Å². The molecule has 0 spiro atoms. The minimum Gasteiger partial charge on any atom is -0.492 e. The van der Waals surface area contributed by atoms with Crippen molar-refractivity contribution in [1.82, 2.24) is 0 Å². The van der Waals surface area contributed by atoms with Gasteiger partial charge in [0, 0.05) is 5.56 Å². The second-order valence-electron chi connectivity index (χ2n) is 5.80. The number of hydrogen-bond donors (Lipinski definition) is 1. The summed E-state index contributed by atoms with van der Waals surface area (Å²) < 4.78 is 19.7. The number of amides is 1. The highest BCUT2D eigenvalue weighted by Crippen LogP contribution is 2.45. The zero-order valence-corrected chi connectivity index (χ0v) is 13.1. The lowest BCUT2D eigenvalue weighted by Gasteiger charge is -2.40. The van der Waals surface area contributed by atoms with Crippen molar-refractivity contribution >= 4 is 11.6 Å². The Hall–Kier alpha value is -2.36. The van der Waals surface area contributed by atoms with E-state index in [0.29, 0.717) is 36.4 Å². The minimum atomic E-state index is -0.773. The third-order valence-corrected chi connectivity index (χ3v) is 4.47. The van der Waals surface area contributed by atoms with Gasteiger partial charge in [0.2, 0.25) is 5.91 Å². The molecule has 0 unspecified atom stereocenters. The van der Waals surface area contributed by atoms with Gasteiger partial charge >= 0.3 is 0 Å². The molecule has 0 aliphatic heterocycles. The van der Waals surface area contributed by atoms with Crippen LogP contribution in [0.15, 0.2) is 48.5 Å². The molecule has 3 nitrogen and oxygen atoms in total. The number of ether oxygens (including phenoxy) is 1. The predicted molar refractivity (Wildman–Crippen MR) is 88.2 cm³/mol. The molecule has 1 aliphatic carbocycles. The normalized spacial score (nSPS) is 15.6. The Morgan fingerprint density at radius 2 is 1.87 bits per heavy atom. The first-order chi connectivity index (χ1) is 11.2. The minimum absolute atomic E-state index is 0.166. The van der Waals surface area contributed by atoms with E-state index in [1.165, 1.54) is 6.07 Å². The number of benzene rings is 2. The lowest BCUT2D eigenvalue weighted by molar-refractivity contribution is -0.124. The van der Waals surface area contributed by atoms with Gasteiger partial charge in [0.25, 0.3) is 0 Å². The standard InChI is InChI=1S/C19H20FNO2/c1-2-23-17-11-6-5-10-16(17)21-18(22)19(12-7-13-19)14-8-3-4-9-15(14)20/h3-6,8-11H,2,7,12-13H2,1H3,(H,21,22). The first-order valence-electron chi connectivity index (χ1n) is 7.95. The largest absolute Gasteiger partial charge is 0.492 e. The highest BCUT2D eigenvalue weighted by molar-refractivity contribution is 6.00. The number of carbonyl (C=O) groups excluding carboxylic acids is 1. The summed E-state index contributed by atoms with van der Waals surface area (Å²) in [6.07, 6.45) is 2.25. The molecule has 0 bridgehead atoms. The van der Waals surface area contributed by atoms with Crippen molar-refractivity contribution in [3.8, 4) is 5.75 Å². The molecule has 1 aliphatic rings. The number of nitrogens with one attached hydrogen (secondary N) is 1. The number of hydrogen-bond acceptors (Lipinski definition) is 2. The van der Waals surface area contributed by atoms with Crippen molar-refractivity contribution in [3.05, 3.63) is 59.9 Å². The summed E-state index contributed by atoms with van der Waals surface area (Å²) >= 11 is 0. The molecule has 1 N–H and O–H groups in total. The van der Waals surface area contributed by atoms with E-state index in [1.807, 2.05) is 25.1 Å². The Bertz CT molecular complexity index is 710. The Morgan fingerprint density at radius 1 is 1.17 bits per heavy atom. The average Bonchev–Trinajstić information content (AvgIpc) is 2.50. The van der Waals surface area contributed by atoms with Crippen molar-refractivity contribution in [3.63, 3.8) is 0 Å². The summed E-state index contributed by atoms with van der Waals surface area (Å²) in [7, 11) is 0. The molecule has 23 heavy (non-hydrogen) atoms. The first kappa shape index (κ1) is 15.5. The third-order valence-electron chi connectivity index (χ3n) is 4.47. The van der Waals surface area contributed by atoms with Gasteiger partial charge in [-0.05, 0) is 38.0 Å². The van der Waals surface area contributed by atoms with Crippen molar-refractivity contribution in [2.45, 2.75) is 31.6 Å². The van der Waals surface area contributed by atoms with Crippen molar-refractivity contribution in [2.24, 2.45) is 0 Å².